The first-order chi connectivity index (χ1) is 13.9. The molecule has 0 saturated carbocycles. The molecule has 0 unspecified atom stereocenters. The molecule has 2 amide bonds. The SMILES string of the molecule is O=C(Cc1ccsc1)NNC(=O)c1cccc(S(=O)(=O)NCc2ccccc2)c1. The minimum absolute atomic E-state index is 0.0364. The number of rotatable bonds is 7. The van der Waals surface area contributed by atoms with Crippen molar-refractivity contribution in [1.82, 2.24) is 15.6 Å². The van der Waals surface area contributed by atoms with E-state index in [0.717, 1.165) is 11.1 Å². The van der Waals surface area contributed by atoms with Crippen LogP contribution >= 0.6 is 11.3 Å². The lowest BCUT2D eigenvalue weighted by molar-refractivity contribution is -0.121. The highest BCUT2D eigenvalue weighted by Crippen LogP contribution is 2.12. The molecular weight excluding hydrogens is 410 g/mol. The van der Waals surface area contributed by atoms with Crippen molar-refractivity contribution in [3.63, 3.8) is 0 Å². The van der Waals surface area contributed by atoms with Gasteiger partial charge in [-0.05, 0) is 46.2 Å². The van der Waals surface area contributed by atoms with Gasteiger partial charge in [-0.3, -0.25) is 20.4 Å². The van der Waals surface area contributed by atoms with Crippen LogP contribution < -0.4 is 15.6 Å². The minimum Gasteiger partial charge on any atom is -0.273 e. The Labute approximate surface area is 172 Å². The van der Waals surface area contributed by atoms with E-state index in [1.165, 1.54) is 35.6 Å². The van der Waals surface area contributed by atoms with Crippen molar-refractivity contribution in [2.75, 3.05) is 0 Å². The van der Waals surface area contributed by atoms with Gasteiger partial charge in [-0.25, -0.2) is 13.1 Å². The molecule has 1 aromatic heterocycles. The lowest BCUT2D eigenvalue weighted by atomic mass is 10.2. The van der Waals surface area contributed by atoms with E-state index in [1.807, 2.05) is 47.2 Å². The van der Waals surface area contributed by atoms with E-state index in [2.05, 4.69) is 15.6 Å². The summed E-state index contributed by atoms with van der Waals surface area (Å²) in [5.74, 6) is -0.978. The molecule has 0 spiro atoms. The second-order valence-electron chi connectivity index (χ2n) is 6.15. The van der Waals surface area contributed by atoms with Gasteiger partial charge in [0.2, 0.25) is 15.9 Å². The van der Waals surface area contributed by atoms with Gasteiger partial charge in [-0.2, -0.15) is 11.3 Å². The van der Waals surface area contributed by atoms with Crippen LogP contribution in [0.4, 0.5) is 0 Å². The number of hydrogen-bond donors (Lipinski definition) is 3. The fourth-order valence-corrected chi connectivity index (χ4v) is 4.22. The van der Waals surface area contributed by atoms with Crippen LogP contribution in [0.5, 0.6) is 0 Å². The predicted molar refractivity (Wildman–Crippen MR) is 111 cm³/mol. The molecule has 2 aromatic carbocycles. The summed E-state index contributed by atoms with van der Waals surface area (Å²) in [5, 5.41) is 3.71. The normalized spacial score (nSPS) is 11.0. The molecule has 3 rings (SSSR count). The van der Waals surface area contributed by atoms with Gasteiger partial charge in [0.25, 0.3) is 5.91 Å². The van der Waals surface area contributed by atoms with Gasteiger partial charge in [-0.15, -0.1) is 0 Å². The first kappa shape index (κ1) is 20.7. The van der Waals surface area contributed by atoms with Gasteiger partial charge in [0.15, 0.2) is 0 Å². The van der Waals surface area contributed by atoms with Gasteiger partial charge in [0.05, 0.1) is 11.3 Å². The maximum Gasteiger partial charge on any atom is 0.269 e. The number of amides is 2. The average Bonchev–Trinajstić information content (AvgIpc) is 3.24. The van der Waals surface area contributed by atoms with Crippen LogP contribution in [0.25, 0.3) is 0 Å². The Balaban J connectivity index is 1.60. The van der Waals surface area contributed by atoms with Gasteiger partial charge in [0.1, 0.15) is 0 Å². The van der Waals surface area contributed by atoms with Crippen molar-refractivity contribution in [1.29, 1.82) is 0 Å². The molecule has 3 aromatic rings. The van der Waals surface area contributed by atoms with E-state index in [-0.39, 0.29) is 29.3 Å². The van der Waals surface area contributed by atoms with Crippen molar-refractivity contribution >= 4 is 33.2 Å². The largest absolute Gasteiger partial charge is 0.273 e. The molecule has 0 fully saturated rings. The molecule has 7 nitrogen and oxygen atoms in total. The summed E-state index contributed by atoms with van der Waals surface area (Å²) >= 11 is 1.48. The van der Waals surface area contributed by atoms with Crippen molar-refractivity contribution in [2.45, 2.75) is 17.9 Å². The lowest BCUT2D eigenvalue weighted by Crippen LogP contribution is -2.42. The fraction of sp³-hybridized carbons (Fsp3) is 0.100. The van der Waals surface area contributed by atoms with Crippen LogP contribution in [0, 0.1) is 0 Å². The molecule has 150 valence electrons. The molecule has 9 heteroatoms. The maximum atomic E-state index is 12.5. The topological polar surface area (TPSA) is 104 Å². The number of nitrogens with one attached hydrogen (secondary N) is 3. The molecule has 0 aliphatic rings. The van der Waals surface area contributed by atoms with Crippen molar-refractivity contribution in [2.24, 2.45) is 0 Å². The Morgan fingerprint density at radius 1 is 0.897 bits per heavy atom. The van der Waals surface area contributed by atoms with Crippen LogP contribution in [-0.4, -0.2) is 20.2 Å². The van der Waals surface area contributed by atoms with Crippen LogP contribution in [0.3, 0.4) is 0 Å². The van der Waals surface area contributed by atoms with E-state index in [1.54, 1.807) is 0 Å². The Morgan fingerprint density at radius 3 is 2.41 bits per heavy atom. The Morgan fingerprint density at radius 2 is 1.69 bits per heavy atom. The molecule has 0 radical (unpaired) electrons. The van der Waals surface area contributed by atoms with Crippen LogP contribution in [-0.2, 0) is 27.8 Å². The van der Waals surface area contributed by atoms with Gasteiger partial charge < -0.3 is 0 Å². The van der Waals surface area contributed by atoms with Crippen LogP contribution in [0.2, 0.25) is 0 Å². The molecule has 0 bridgehead atoms. The average molecular weight is 430 g/mol. The summed E-state index contributed by atoms with van der Waals surface area (Å²) in [6.45, 7) is 0.137. The number of thiophene rings is 1. The number of benzene rings is 2. The van der Waals surface area contributed by atoms with E-state index in [4.69, 9.17) is 0 Å². The number of hydrogen-bond acceptors (Lipinski definition) is 5. The van der Waals surface area contributed by atoms with E-state index >= 15 is 0 Å². The third kappa shape index (κ3) is 5.98. The summed E-state index contributed by atoms with van der Waals surface area (Å²) in [7, 11) is -3.80. The number of hydrazine groups is 1. The Kier molecular flexibility index (Phi) is 6.76. The van der Waals surface area contributed by atoms with E-state index in [9.17, 15) is 18.0 Å². The molecule has 0 aliphatic heterocycles. The van der Waals surface area contributed by atoms with Gasteiger partial charge in [0, 0.05) is 12.1 Å². The summed E-state index contributed by atoms with van der Waals surface area (Å²) in [6, 6.07) is 16.5. The van der Waals surface area contributed by atoms with Gasteiger partial charge in [-0.1, -0.05) is 36.4 Å². The quantitative estimate of drug-likeness (QED) is 0.501. The van der Waals surface area contributed by atoms with E-state index in [0.29, 0.717) is 0 Å². The zero-order chi connectivity index (χ0) is 20.7. The maximum absolute atomic E-state index is 12.5. The fourth-order valence-electron chi connectivity index (χ4n) is 2.48. The Hall–Kier alpha value is -3.01. The molecular formula is C20H19N3O4S2. The zero-order valence-electron chi connectivity index (χ0n) is 15.3. The summed E-state index contributed by atoms with van der Waals surface area (Å²) in [6.07, 6.45) is 0.140. The van der Waals surface area contributed by atoms with Crippen molar-refractivity contribution in [3.8, 4) is 0 Å². The lowest BCUT2D eigenvalue weighted by Gasteiger charge is -2.10. The van der Waals surface area contributed by atoms with E-state index < -0.39 is 15.9 Å². The molecule has 3 N–H and O–H groups in total. The molecule has 1 heterocycles. The number of carbonyl (C=O) groups is 2. The molecule has 0 saturated heterocycles. The summed E-state index contributed by atoms with van der Waals surface area (Å²) in [5.41, 5.74) is 6.40. The second kappa shape index (κ2) is 9.46. The standard InChI is InChI=1S/C20H19N3O4S2/c24-19(11-16-9-10-28-14-16)22-23-20(25)17-7-4-8-18(12-17)29(26,27)21-13-15-5-2-1-3-6-15/h1-10,12,14,21H,11,13H2,(H,22,24)(H,23,25). The van der Waals surface area contributed by atoms with Crippen LogP contribution in [0.15, 0.2) is 76.3 Å². The highest BCUT2D eigenvalue weighted by molar-refractivity contribution is 7.89. The number of carbonyl (C=O) groups excluding carboxylic acids is 2. The monoisotopic (exact) mass is 429 g/mol. The predicted octanol–water partition coefficient (Wildman–Crippen LogP) is 2.23. The molecule has 0 aliphatic carbocycles. The first-order valence-electron chi connectivity index (χ1n) is 8.68. The van der Waals surface area contributed by atoms with Crippen molar-refractivity contribution < 1.29 is 18.0 Å². The van der Waals surface area contributed by atoms with Crippen LogP contribution in [0.1, 0.15) is 21.5 Å². The molecule has 29 heavy (non-hydrogen) atoms. The molecule has 0 atom stereocenters. The Bertz CT molecular complexity index is 1080. The summed E-state index contributed by atoms with van der Waals surface area (Å²) in [4.78, 5) is 24.1. The summed E-state index contributed by atoms with van der Waals surface area (Å²) < 4.78 is 27.5. The highest BCUT2D eigenvalue weighted by Gasteiger charge is 2.16. The zero-order valence-corrected chi connectivity index (χ0v) is 16.9. The second-order valence-corrected chi connectivity index (χ2v) is 8.70. The van der Waals surface area contributed by atoms with Gasteiger partial charge >= 0.3 is 0 Å². The number of sulfonamides is 1. The smallest absolute Gasteiger partial charge is 0.269 e. The van der Waals surface area contributed by atoms with Crippen molar-refractivity contribution in [3.05, 3.63) is 88.1 Å². The third-order valence-electron chi connectivity index (χ3n) is 3.98. The third-order valence-corrected chi connectivity index (χ3v) is 6.11. The first-order valence-corrected chi connectivity index (χ1v) is 11.1. The highest BCUT2D eigenvalue weighted by atomic mass is 32.2. The minimum atomic E-state index is -3.80.